The van der Waals surface area contributed by atoms with Gasteiger partial charge in [0, 0.05) is 35.3 Å². The van der Waals surface area contributed by atoms with Crippen LogP contribution in [-0.2, 0) is 21.4 Å². The quantitative estimate of drug-likeness (QED) is 0.581. The number of carbonyl (C=O) groups excluding carboxylic acids is 1. The third-order valence-corrected chi connectivity index (χ3v) is 6.55. The van der Waals surface area contributed by atoms with Gasteiger partial charge in [0.1, 0.15) is 0 Å². The molecule has 0 aromatic heterocycles. The maximum atomic E-state index is 13.2. The van der Waals surface area contributed by atoms with E-state index in [0.717, 1.165) is 9.87 Å². The van der Waals surface area contributed by atoms with Gasteiger partial charge in [-0.05, 0) is 37.6 Å². The van der Waals surface area contributed by atoms with E-state index in [2.05, 4.69) is 5.32 Å². The Labute approximate surface area is 175 Å². The number of halogens is 2. The number of hydrogen-bond donors (Lipinski definition) is 2. The fourth-order valence-corrected chi connectivity index (χ4v) is 4.35. The van der Waals surface area contributed by atoms with Crippen molar-refractivity contribution in [3.63, 3.8) is 0 Å². The van der Waals surface area contributed by atoms with Gasteiger partial charge in [-0.1, -0.05) is 47.0 Å². The monoisotopic (exact) mass is 444 g/mol. The van der Waals surface area contributed by atoms with E-state index in [1.807, 2.05) is 6.92 Å². The van der Waals surface area contributed by atoms with Crippen molar-refractivity contribution in [1.29, 1.82) is 0 Å². The molecule has 0 unspecified atom stereocenters. The molecule has 0 heterocycles. The molecule has 2 rings (SSSR count). The van der Waals surface area contributed by atoms with Crippen molar-refractivity contribution < 1.29 is 18.3 Å². The van der Waals surface area contributed by atoms with Gasteiger partial charge in [0.2, 0.25) is 15.9 Å². The Morgan fingerprint density at radius 3 is 2.29 bits per heavy atom. The van der Waals surface area contributed by atoms with Gasteiger partial charge < -0.3 is 10.4 Å². The van der Waals surface area contributed by atoms with Crippen LogP contribution in [-0.4, -0.2) is 43.4 Å². The van der Waals surface area contributed by atoms with Gasteiger partial charge in [0.05, 0.1) is 11.4 Å². The second kappa shape index (κ2) is 10.2. The van der Waals surface area contributed by atoms with Crippen LogP contribution in [0.15, 0.2) is 47.4 Å². The van der Waals surface area contributed by atoms with E-state index in [9.17, 15) is 13.2 Å². The van der Waals surface area contributed by atoms with Crippen LogP contribution in [0.2, 0.25) is 10.0 Å². The molecular formula is C19H22Cl2N2O4S. The van der Waals surface area contributed by atoms with Crippen molar-refractivity contribution in [2.24, 2.45) is 0 Å². The molecule has 2 N–H and O–H groups in total. The lowest BCUT2D eigenvalue weighted by Crippen LogP contribution is -2.40. The van der Waals surface area contributed by atoms with Crippen LogP contribution in [0.3, 0.4) is 0 Å². The highest BCUT2D eigenvalue weighted by Gasteiger charge is 2.28. The number of nitrogens with one attached hydrogen (secondary N) is 1. The lowest BCUT2D eigenvalue weighted by atomic mass is 10.2. The van der Waals surface area contributed by atoms with Gasteiger partial charge in [-0.3, -0.25) is 4.79 Å². The molecule has 0 aliphatic heterocycles. The molecule has 0 spiro atoms. The number of hydrogen-bond acceptors (Lipinski definition) is 4. The summed E-state index contributed by atoms with van der Waals surface area (Å²) in [5.74, 6) is -0.479. The van der Waals surface area contributed by atoms with Gasteiger partial charge >= 0.3 is 0 Å². The van der Waals surface area contributed by atoms with Crippen LogP contribution in [0.4, 0.5) is 0 Å². The average Bonchev–Trinajstić information content (AvgIpc) is 2.64. The average molecular weight is 445 g/mol. The van der Waals surface area contributed by atoms with Crippen LogP contribution in [0, 0.1) is 6.92 Å². The zero-order valence-electron chi connectivity index (χ0n) is 15.4. The summed E-state index contributed by atoms with van der Waals surface area (Å²) in [6.45, 7) is 1.49. The first kappa shape index (κ1) is 22.6. The smallest absolute Gasteiger partial charge is 0.243 e. The fourth-order valence-electron chi connectivity index (χ4n) is 2.47. The largest absolute Gasteiger partial charge is 0.396 e. The van der Waals surface area contributed by atoms with Crippen molar-refractivity contribution in [3.8, 4) is 0 Å². The number of benzene rings is 2. The number of aryl methyl sites for hydroxylation is 1. The molecule has 2 aromatic carbocycles. The topological polar surface area (TPSA) is 86.7 Å². The summed E-state index contributed by atoms with van der Waals surface area (Å²) in [5, 5.41) is 12.1. The van der Waals surface area contributed by atoms with E-state index in [0.29, 0.717) is 22.0 Å². The highest BCUT2D eigenvalue weighted by Crippen LogP contribution is 2.28. The van der Waals surface area contributed by atoms with E-state index in [1.54, 1.807) is 30.3 Å². The third kappa shape index (κ3) is 5.93. The summed E-state index contributed by atoms with van der Waals surface area (Å²) in [5.41, 5.74) is 1.34. The van der Waals surface area contributed by atoms with Gasteiger partial charge in [-0.2, -0.15) is 4.31 Å². The first-order valence-electron chi connectivity index (χ1n) is 8.63. The van der Waals surface area contributed by atoms with Crippen molar-refractivity contribution in [1.82, 2.24) is 9.62 Å². The molecule has 9 heteroatoms. The number of rotatable bonds is 9. The number of nitrogens with zero attached hydrogens (tertiary/aromatic N) is 1. The second-order valence-electron chi connectivity index (χ2n) is 6.21. The molecule has 0 aliphatic carbocycles. The Balaban J connectivity index is 2.35. The molecule has 0 aliphatic rings. The van der Waals surface area contributed by atoms with Crippen molar-refractivity contribution in [2.75, 3.05) is 19.7 Å². The third-order valence-electron chi connectivity index (χ3n) is 4.03. The van der Waals surface area contributed by atoms with Crippen molar-refractivity contribution in [2.45, 2.75) is 24.8 Å². The molecule has 0 saturated heterocycles. The van der Waals surface area contributed by atoms with Gasteiger partial charge in [0.25, 0.3) is 0 Å². The Hall–Kier alpha value is -1.64. The molecular weight excluding hydrogens is 423 g/mol. The normalized spacial score (nSPS) is 11.6. The fraction of sp³-hybridized carbons (Fsp3) is 0.316. The summed E-state index contributed by atoms with van der Waals surface area (Å²) in [6.07, 6.45) is 0.382. The Morgan fingerprint density at radius 1 is 1.11 bits per heavy atom. The molecule has 0 fully saturated rings. The molecule has 1 amide bonds. The van der Waals surface area contributed by atoms with Crippen LogP contribution >= 0.6 is 23.2 Å². The summed E-state index contributed by atoms with van der Waals surface area (Å²) < 4.78 is 27.4. The van der Waals surface area contributed by atoms with Crippen molar-refractivity contribution in [3.05, 3.63) is 63.6 Å². The minimum atomic E-state index is -3.97. The van der Waals surface area contributed by atoms with E-state index in [-0.39, 0.29) is 24.6 Å². The highest BCUT2D eigenvalue weighted by molar-refractivity contribution is 7.89. The Morgan fingerprint density at radius 2 is 1.71 bits per heavy atom. The van der Waals surface area contributed by atoms with Crippen LogP contribution in [0.25, 0.3) is 0 Å². The molecule has 6 nitrogen and oxygen atoms in total. The molecule has 0 radical (unpaired) electrons. The zero-order chi connectivity index (χ0) is 20.7. The highest BCUT2D eigenvalue weighted by atomic mass is 35.5. The lowest BCUT2D eigenvalue weighted by molar-refractivity contribution is -0.121. The van der Waals surface area contributed by atoms with Gasteiger partial charge in [0.15, 0.2) is 0 Å². The number of amides is 1. The zero-order valence-corrected chi connectivity index (χ0v) is 17.7. The van der Waals surface area contributed by atoms with Gasteiger partial charge in [-0.15, -0.1) is 0 Å². The predicted molar refractivity (Wildman–Crippen MR) is 110 cm³/mol. The SMILES string of the molecule is Cc1ccc(S(=O)(=O)N(CC(=O)NCCCO)Cc2c(Cl)cccc2Cl)cc1. The molecule has 152 valence electrons. The standard InChI is InChI=1S/C19H22Cl2N2O4S/c1-14-6-8-15(9-7-14)28(26,27)23(13-19(25)22-10-3-11-24)12-16-17(20)4-2-5-18(16)21/h2,4-9,24H,3,10-13H2,1H3,(H,22,25). The van der Waals surface area contributed by atoms with Gasteiger partial charge in [-0.25, -0.2) is 8.42 Å². The Bertz CT molecular complexity index is 898. The molecule has 0 atom stereocenters. The van der Waals surface area contributed by atoms with Crippen molar-refractivity contribution >= 4 is 39.1 Å². The maximum Gasteiger partial charge on any atom is 0.243 e. The van der Waals surface area contributed by atoms with Crippen LogP contribution < -0.4 is 5.32 Å². The molecule has 2 aromatic rings. The first-order chi connectivity index (χ1) is 13.3. The van der Waals surface area contributed by atoms with E-state index in [4.69, 9.17) is 28.3 Å². The number of aliphatic hydroxyl groups is 1. The minimum absolute atomic E-state index is 0.0686. The molecule has 0 bridgehead atoms. The predicted octanol–water partition coefficient (Wildman–Crippen LogP) is 2.99. The molecule has 28 heavy (non-hydrogen) atoms. The van der Waals surface area contributed by atoms with Crippen LogP contribution in [0.5, 0.6) is 0 Å². The summed E-state index contributed by atoms with van der Waals surface area (Å²) in [4.78, 5) is 12.3. The lowest BCUT2D eigenvalue weighted by Gasteiger charge is -2.23. The summed E-state index contributed by atoms with van der Waals surface area (Å²) >= 11 is 12.4. The molecule has 0 saturated carbocycles. The summed E-state index contributed by atoms with van der Waals surface area (Å²) in [6, 6.07) is 11.3. The second-order valence-corrected chi connectivity index (χ2v) is 8.97. The first-order valence-corrected chi connectivity index (χ1v) is 10.8. The number of sulfonamides is 1. The van der Waals surface area contributed by atoms with E-state index < -0.39 is 22.5 Å². The maximum absolute atomic E-state index is 13.2. The summed E-state index contributed by atoms with van der Waals surface area (Å²) in [7, 11) is -3.97. The number of carbonyl (C=O) groups is 1. The minimum Gasteiger partial charge on any atom is -0.396 e. The number of aliphatic hydroxyl groups excluding tert-OH is 1. The Kier molecular flexibility index (Phi) is 8.27. The van der Waals surface area contributed by atoms with Crippen LogP contribution in [0.1, 0.15) is 17.5 Å². The van der Waals surface area contributed by atoms with E-state index >= 15 is 0 Å². The van der Waals surface area contributed by atoms with E-state index in [1.165, 1.54) is 12.1 Å².